The van der Waals surface area contributed by atoms with Crippen molar-refractivity contribution >= 4 is 17.6 Å². The number of ether oxygens (including phenoxy) is 1. The Morgan fingerprint density at radius 2 is 1.96 bits per heavy atom. The molecule has 0 heterocycles. The third kappa shape index (κ3) is 6.68. The SMILES string of the molecule is NCC#Cc1cc(NC(=O)CCCN)ccc1C(=O)OC(F)(F)F. The van der Waals surface area contributed by atoms with E-state index in [1.54, 1.807) is 0 Å². The number of hydrogen-bond donors (Lipinski definition) is 3. The van der Waals surface area contributed by atoms with Gasteiger partial charge in [0.15, 0.2) is 0 Å². The first-order valence-electron chi connectivity index (χ1n) is 6.90. The van der Waals surface area contributed by atoms with Gasteiger partial charge in [0, 0.05) is 17.7 Å². The molecule has 0 atom stereocenters. The number of halogens is 3. The molecule has 9 heteroatoms. The number of esters is 1. The van der Waals surface area contributed by atoms with Crippen LogP contribution in [0.25, 0.3) is 0 Å². The van der Waals surface area contributed by atoms with E-state index in [0.717, 1.165) is 6.07 Å². The normalized spacial score (nSPS) is 10.5. The molecule has 1 amide bonds. The maximum Gasteiger partial charge on any atom is 0.575 e. The summed E-state index contributed by atoms with van der Waals surface area (Å²) in [7, 11) is 0. The molecule has 1 aromatic rings. The Morgan fingerprint density at radius 3 is 2.54 bits per heavy atom. The van der Waals surface area contributed by atoms with Crippen molar-refractivity contribution in [1.29, 1.82) is 0 Å². The van der Waals surface area contributed by atoms with Crippen LogP contribution in [-0.2, 0) is 9.53 Å². The highest BCUT2D eigenvalue weighted by Crippen LogP contribution is 2.22. The molecule has 1 aromatic carbocycles. The van der Waals surface area contributed by atoms with Gasteiger partial charge in [0.25, 0.3) is 0 Å². The summed E-state index contributed by atoms with van der Waals surface area (Å²) in [5.74, 6) is 3.01. The number of amides is 1. The fourth-order valence-electron chi connectivity index (χ4n) is 1.70. The summed E-state index contributed by atoms with van der Waals surface area (Å²) in [5.41, 5.74) is 10.4. The van der Waals surface area contributed by atoms with Gasteiger partial charge in [-0.25, -0.2) is 4.79 Å². The van der Waals surface area contributed by atoms with Crippen molar-refractivity contribution < 1.29 is 27.5 Å². The number of nitrogens with two attached hydrogens (primary N) is 2. The fraction of sp³-hybridized carbons (Fsp3) is 0.333. The third-order valence-electron chi connectivity index (χ3n) is 2.66. The number of hydrogen-bond acceptors (Lipinski definition) is 5. The van der Waals surface area contributed by atoms with Crippen molar-refractivity contribution in [2.45, 2.75) is 19.2 Å². The number of carbonyl (C=O) groups excluding carboxylic acids is 2. The molecule has 0 radical (unpaired) electrons. The highest BCUT2D eigenvalue weighted by molar-refractivity contribution is 5.95. The lowest BCUT2D eigenvalue weighted by atomic mass is 10.1. The van der Waals surface area contributed by atoms with Gasteiger partial charge in [-0.05, 0) is 31.2 Å². The average Bonchev–Trinajstić information content (AvgIpc) is 2.49. The van der Waals surface area contributed by atoms with Crippen LogP contribution in [0.15, 0.2) is 18.2 Å². The molecule has 1 rings (SSSR count). The first kappa shape index (κ1) is 19.5. The molecule has 0 spiro atoms. The minimum absolute atomic E-state index is 0.0358. The van der Waals surface area contributed by atoms with Gasteiger partial charge in [0.1, 0.15) is 0 Å². The molecule has 0 aliphatic heterocycles. The van der Waals surface area contributed by atoms with Gasteiger partial charge in [0.2, 0.25) is 5.91 Å². The zero-order chi connectivity index (χ0) is 18.2. The van der Waals surface area contributed by atoms with E-state index in [0.29, 0.717) is 13.0 Å². The van der Waals surface area contributed by atoms with Gasteiger partial charge >= 0.3 is 12.3 Å². The van der Waals surface area contributed by atoms with E-state index in [2.05, 4.69) is 21.9 Å². The highest BCUT2D eigenvalue weighted by atomic mass is 19.4. The Bertz CT molecular complexity index is 663. The first-order valence-corrected chi connectivity index (χ1v) is 6.90. The quantitative estimate of drug-likeness (QED) is 0.553. The highest BCUT2D eigenvalue weighted by Gasteiger charge is 2.35. The Labute approximate surface area is 136 Å². The molecule has 6 nitrogen and oxygen atoms in total. The minimum atomic E-state index is -5.11. The smallest absolute Gasteiger partial charge is 0.369 e. The van der Waals surface area contributed by atoms with E-state index in [4.69, 9.17) is 11.5 Å². The molecular formula is C15H16F3N3O3. The van der Waals surface area contributed by atoms with Crippen molar-refractivity contribution in [3.05, 3.63) is 29.3 Å². The van der Waals surface area contributed by atoms with E-state index in [1.165, 1.54) is 12.1 Å². The van der Waals surface area contributed by atoms with Crippen molar-refractivity contribution in [3.63, 3.8) is 0 Å². The summed E-state index contributed by atoms with van der Waals surface area (Å²) in [5, 5.41) is 2.54. The van der Waals surface area contributed by atoms with Crippen LogP contribution >= 0.6 is 0 Å². The van der Waals surface area contributed by atoms with Crippen molar-refractivity contribution in [3.8, 4) is 11.8 Å². The van der Waals surface area contributed by atoms with Crippen molar-refractivity contribution in [2.24, 2.45) is 11.5 Å². The Hall–Kier alpha value is -2.57. The summed E-state index contributed by atoms with van der Waals surface area (Å²) < 4.78 is 39.9. The van der Waals surface area contributed by atoms with Crippen LogP contribution in [0.4, 0.5) is 18.9 Å². The second-order valence-electron chi connectivity index (χ2n) is 4.54. The predicted molar refractivity (Wildman–Crippen MR) is 80.8 cm³/mol. The van der Waals surface area contributed by atoms with Crippen LogP contribution < -0.4 is 16.8 Å². The Morgan fingerprint density at radius 1 is 1.25 bits per heavy atom. The largest absolute Gasteiger partial charge is 0.575 e. The molecule has 0 unspecified atom stereocenters. The van der Waals surface area contributed by atoms with Crippen LogP contribution in [-0.4, -0.2) is 31.3 Å². The predicted octanol–water partition coefficient (Wildman–Crippen LogP) is 1.35. The molecule has 130 valence electrons. The lowest BCUT2D eigenvalue weighted by Gasteiger charge is -2.10. The molecule has 0 aliphatic carbocycles. The summed E-state index contributed by atoms with van der Waals surface area (Å²) >= 11 is 0. The molecule has 0 aromatic heterocycles. The number of alkyl halides is 3. The second kappa shape index (κ2) is 8.90. The van der Waals surface area contributed by atoms with Gasteiger partial charge in [0.05, 0.1) is 12.1 Å². The molecule has 0 saturated heterocycles. The lowest BCUT2D eigenvalue weighted by Crippen LogP contribution is -2.20. The topological polar surface area (TPSA) is 107 Å². The van der Waals surface area contributed by atoms with Crippen molar-refractivity contribution in [2.75, 3.05) is 18.4 Å². The maximum absolute atomic E-state index is 12.2. The summed E-state index contributed by atoms with van der Waals surface area (Å²) in [6.07, 6.45) is -4.43. The molecule has 5 N–H and O–H groups in total. The van der Waals surface area contributed by atoms with E-state index in [-0.39, 0.29) is 35.7 Å². The maximum atomic E-state index is 12.2. The Kier molecular flexibility index (Phi) is 7.23. The number of rotatable bonds is 5. The summed E-state index contributed by atoms with van der Waals surface area (Å²) in [4.78, 5) is 23.2. The third-order valence-corrected chi connectivity index (χ3v) is 2.66. The van der Waals surface area contributed by atoms with Gasteiger partial charge in [-0.1, -0.05) is 11.8 Å². The molecule has 0 saturated carbocycles. The second-order valence-corrected chi connectivity index (χ2v) is 4.54. The van der Waals surface area contributed by atoms with Crippen LogP contribution in [0.5, 0.6) is 0 Å². The molecule has 24 heavy (non-hydrogen) atoms. The molecule has 0 bridgehead atoms. The zero-order valence-corrected chi connectivity index (χ0v) is 12.6. The van der Waals surface area contributed by atoms with E-state index >= 15 is 0 Å². The van der Waals surface area contributed by atoms with Gasteiger partial charge in [-0.2, -0.15) is 0 Å². The van der Waals surface area contributed by atoms with Crippen LogP contribution in [0.1, 0.15) is 28.8 Å². The van der Waals surface area contributed by atoms with Gasteiger partial charge in [-0.3, -0.25) is 4.79 Å². The molecule has 0 fully saturated rings. The van der Waals surface area contributed by atoms with Crippen molar-refractivity contribution in [1.82, 2.24) is 0 Å². The minimum Gasteiger partial charge on any atom is -0.369 e. The molecule has 0 aliphatic rings. The molecular weight excluding hydrogens is 327 g/mol. The first-order chi connectivity index (χ1) is 11.3. The van der Waals surface area contributed by atoms with E-state index in [1.807, 2.05) is 0 Å². The van der Waals surface area contributed by atoms with Crippen LogP contribution in [0.2, 0.25) is 0 Å². The van der Waals surface area contributed by atoms with Gasteiger partial charge in [-0.15, -0.1) is 13.2 Å². The van der Waals surface area contributed by atoms with Gasteiger partial charge < -0.3 is 21.5 Å². The van der Waals surface area contributed by atoms with E-state index in [9.17, 15) is 22.8 Å². The number of anilines is 1. The number of benzene rings is 1. The summed E-state index contributed by atoms with van der Waals surface area (Å²) in [6, 6.07) is 3.64. The monoisotopic (exact) mass is 343 g/mol. The van der Waals surface area contributed by atoms with E-state index < -0.39 is 12.3 Å². The average molecular weight is 343 g/mol. The van der Waals surface area contributed by atoms with Crippen LogP contribution in [0, 0.1) is 11.8 Å². The number of nitrogens with one attached hydrogen (secondary N) is 1. The number of carbonyl (C=O) groups is 2. The Balaban J connectivity index is 3.05. The lowest BCUT2D eigenvalue weighted by molar-refractivity contribution is -0.291. The van der Waals surface area contributed by atoms with Crippen LogP contribution in [0.3, 0.4) is 0 Å². The fourth-order valence-corrected chi connectivity index (χ4v) is 1.70. The standard InChI is InChI=1S/C15H16F3N3O3/c16-15(17,18)24-14(23)12-6-5-11(9-10(12)3-1-7-19)21-13(22)4-2-8-20/h5-6,9H,2,4,7-8,19-20H2,(H,21,22). The summed E-state index contributed by atoms with van der Waals surface area (Å²) in [6.45, 7) is 0.295. The zero-order valence-electron chi connectivity index (χ0n) is 12.6.